The molecule has 1 nitrogen and oxygen atoms in total. The van der Waals surface area contributed by atoms with Crippen LogP contribution in [0.25, 0.3) is 0 Å². The second-order valence-electron chi connectivity index (χ2n) is 3.54. The molecule has 3 heteroatoms. The van der Waals surface area contributed by atoms with E-state index in [9.17, 15) is 4.79 Å². The number of carbonyl (C=O) groups is 1. The van der Waals surface area contributed by atoms with Crippen molar-refractivity contribution < 1.29 is 4.79 Å². The van der Waals surface area contributed by atoms with Crippen LogP contribution in [0.1, 0.15) is 10.4 Å². The van der Waals surface area contributed by atoms with E-state index in [-0.39, 0.29) is 5.78 Å². The fraction of sp³-hybridized carbons (Fsp3) is 0.0714. The van der Waals surface area contributed by atoms with E-state index >= 15 is 0 Å². The highest BCUT2D eigenvalue weighted by Crippen LogP contribution is 2.22. The number of Topliss-reactive ketones (excluding diaryl/α,β-unsaturated/α-hetero) is 1. The van der Waals surface area contributed by atoms with Crippen LogP contribution in [0.2, 0.25) is 5.02 Å². The van der Waals surface area contributed by atoms with Gasteiger partial charge in [-0.2, -0.15) is 0 Å². The van der Waals surface area contributed by atoms with Crippen molar-refractivity contribution in [3.05, 3.63) is 65.2 Å². The maximum Gasteiger partial charge on any atom is 0.173 e. The Balaban J connectivity index is 1.97. The van der Waals surface area contributed by atoms with Gasteiger partial charge in [-0.1, -0.05) is 48.0 Å². The Morgan fingerprint density at radius 1 is 1.06 bits per heavy atom. The van der Waals surface area contributed by atoms with Crippen LogP contribution in [0, 0.1) is 0 Å². The molecular weight excluding hydrogens is 252 g/mol. The summed E-state index contributed by atoms with van der Waals surface area (Å²) in [5.41, 5.74) is 0.752. The number of thioether (sulfide) groups is 1. The van der Waals surface area contributed by atoms with Crippen molar-refractivity contribution in [1.82, 2.24) is 0 Å². The topological polar surface area (TPSA) is 17.1 Å². The number of ketones is 1. The van der Waals surface area contributed by atoms with Gasteiger partial charge in [-0.05, 0) is 18.2 Å². The number of hydrogen-bond donors (Lipinski definition) is 0. The van der Waals surface area contributed by atoms with Crippen LogP contribution in [-0.2, 0) is 0 Å². The minimum Gasteiger partial charge on any atom is -0.293 e. The van der Waals surface area contributed by atoms with Gasteiger partial charge in [-0.25, -0.2) is 0 Å². The Morgan fingerprint density at radius 2 is 1.82 bits per heavy atom. The zero-order valence-electron chi connectivity index (χ0n) is 9.10. The maximum atomic E-state index is 11.8. The average Bonchev–Trinajstić information content (AvgIpc) is 2.37. The standard InChI is InChI=1S/C14H11ClOS/c15-12-7-4-8-13(9-12)17-10-14(16)11-5-2-1-3-6-11/h1-9H,10H2. The lowest BCUT2D eigenvalue weighted by atomic mass is 10.2. The second kappa shape index (κ2) is 5.89. The fourth-order valence-electron chi connectivity index (χ4n) is 1.41. The summed E-state index contributed by atoms with van der Waals surface area (Å²) >= 11 is 7.38. The van der Waals surface area contributed by atoms with Crippen LogP contribution < -0.4 is 0 Å². The third-order valence-electron chi connectivity index (χ3n) is 2.26. The van der Waals surface area contributed by atoms with Gasteiger partial charge in [0.25, 0.3) is 0 Å². The average molecular weight is 263 g/mol. The number of halogens is 1. The lowest BCUT2D eigenvalue weighted by molar-refractivity contribution is 0.102. The fourth-order valence-corrected chi connectivity index (χ4v) is 2.52. The highest BCUT2D eigenvalue weighted by molar-refractivity contribution is 8.00. The van der Waals surface area contributed by atoms with Gasteiger partial charge >= 0.3 is 0 Å². The van der Waals surface area contributed by atoms with E-state index in [1.165, 1.54) is 11.8 Å². The molecule has 0 unspecified atom stereocenters. The molecule has 2 aromatic rings. The number of rotatable bonds is 4. The molecule has 0 N–H and O–H groups in total. The maximum absolute atomic E-state index is 11.8. The molecule has 0 spiro atoms. The summed E-state index contributed by atoms with van der Waals surface area (Å²) in [6, 6.07) is 16.8. The van der Waals surface area contributed by atoms with E-state index in [0.717, 1.165) is 10.5 Å². The quantitative estimate of drug-likeness (QED) is 0.603. The summed E-state index contributed by atoms with van der Waals surface area (Å²) in [5, 5.41) is 0.696. The largest absolute Gasteiger partial charge is 0.293 e. The summed E-state index contributed by atoms with van der Waals surface area (Å²) < 4.78 is 0. The molecule has 0 saturated heterocycles. The molecule has 86 valence electrons. The predicted molar refractivity (Wildman–Crippen MR) is 72.9 cm³/mol. The molecule has 0 bridgehead atoms. The van der Waals surface area contributed by atoms with E-state index in [0.29, 0.717) is 10.8 Å². The summed E-state index contributed by atoms with van der Waals surface area (Å²) in [7, 11) is 0. The Hall–Kier alpha value is -1.25. The Kier molecular flexibility index (Phi) is 4.24. The van der Waals surface area contributed by atoms with Crippen molar-refractivity contribution >= 4 is 29.1 Å². The van der Waals surface area contributed by atoms with Gasteiger partial charge in [0.1, 0.15) is 0 Å². The molecule has 0 amide bonds. The molecule has 0 atom stereocenters. The van der Waals surface area contributed by atoms with E-state index < -0.39 is 0 Å². The van der Waals surface area contributed by atoms with Crippen LogP contribution >= 0.6 is 23.4 Å². The van der Waals surface area contributed by atoms with Gasteiger partial charge in [0, 0.05) is 15.5 Å². The number of benzene rings is 2. The van der Waals surface area contributed by atoms with Crippen molar-refractivity contribution in [3.63, 3.8) is 0 Å². The summed E-state index contributed by atoms with van der Waals surface area (Å²) in [5.74, 6) is 0.570. The van der Waals surface area contributed by atoms with Crippen LogP contribution in [0.3, 0.4) is 0 Å². The molecule has 0 fully saturated rings. The first-order chi connectivity index (χ1) is 8.25. The van der Waals surface area contributed by atoms with Crippen molar-refractivity contribution in [3.8, 4) is 0 Å². The van der Waals surface area contributed by atoms with Crippen molar-refractivity contribution in [1.29, 1.82) is 0 Å². The summed E-state index contributed by atoms with van der Waals surface area (Å²) in [4.78, 5) is 12.9. The monoisotopic (exact) mass is 262 g/mol. The first-order valence-electron chi connectivity index (χ1n) is 5.22. The molecular formula is C14H11ClOS. The van der Waals surface area contributed by atoms with Gasteiger partial charge < -0.3 is 0 Å². The van der Waals surface area contributed by atoms with Gasteiger partial charge in [0.05, 0.1) is 5.75 Å². The Morgan fingerprint density at radius 3 is 2.53 bits per heavy atom. The number of carbonyl (C=O) groups excluding carboxylic acids is 1. The van der Waals surface area contributed by atoms with E-state index in [1.807, 2.05) is 54.6 Å². The van der Waals surface area contributed by atoms with Crippen LogP contribution in [0.15, 0.2) is 59.5 Å². The third kappa shape index (κ3) is 3.62. The normalized spacial score (nSPS) is 10.2. The van der Waals surface area contributed by atoms with Gasteiger partial charge in [0.2, 0.25) is 0 Å². The zero-order valence-corrected chi connectivity index (χ0v) is 10.7. The SMILES string of the molecule is O=C(CSc1cccc(Cl)c1)c1ccccc1. The molecule has 0 aliphatic carbocycles. The lowest BCUT2D eigenvalue weighted by Gasteiger charge is -2.02. The first-order valence-corrected chi connectivity index (χ1v) is 6.59. The Bertz CT molecular complexity index is 511. The van der Waals surface area contributed by atoms with Gasteiger partial charge in [0.15, 0.2) is 5.78 Å². The highest BCUT2D eigenvalue weighted by Gasteiger charge is 2.05. The van der Waals surface area contributed by atoms with Crippen molar-refractivity contribution in [2.45, 2.75) is 4.90 Å². The molecule has 0 saturated carbocycles. The molecule has 0 radical (unpaired) electrons. The number of hydrogen-bond acceptors (Lipinski definition) is 2. The first kappa shape index (κ1) is 12.2. The summed E-state index contributed by atoms with van der Waals surface area (Å²) in [6.45, 7) is 0. The van der Waals surface area contributed by atoms with Crippen molar-refractivity contribution in [2.24, 2.45) is 0 Å². The molecule has 0 aromatic heterocycles. The third-order valence-corrected chi connectivity index (χ3v) is 3.49. The summed E-state index contributed by atoms with van der Waals surface area (Å²) in [6.07, 6.45) is 0. The molecule has 17 heavy (non-hydrogen) atoms. The molecule has 0 aliphatic heterocycles. The smallest absolute Gasteiger partial charge is 0.173 e. The van der Waals surface area contributed by atoms with E-state index in [4.69, 9.17) is 11.6 Å². The lowest BCUT2D eigenvalue weighted by Crippen LogP contribution is -2.01. The van der Waals surface area contributed by atoms with Crippen LogP contribution in [0.4, 0.5) is 0 Å². The molecule has 2 rings (SSSR count). The predicted octanol–water partition coefficient (Wildman–Crippen LogP) is 4.32. The minimum absolute atomic E-state index is 0.135. The van der Waals surface area contributed by atoms with Gasteiger partial charge in [-0.3, -0.25) is 4.79 Å². The molecule has 0 aliphatic rings. The van der Waals surface area contributed by atoms with Crippen LogP contribution in [0.5, 0.6) is 0 Å². The molecule has 2 aromatic carbocycles. The van der Waals surface area contributed by atoms with Crippen LogP contribution in [-0.4, -0.2) is 11.5 Å². The molecule has 0 heterocycles. The Labute approximate surface area is 110 Å². The van der Waals surface area contributed by atoms with Crippen molar-refractivity contribution in [2.75, 3.05) is 5.75 Å². The second-order valence-corrected chi connectivity index (χ2v) is 5.02. The highest BCUT2D eigenvalue weighted by atomic mass is 35.5. The van der Waals surface area contributed by atoms with E-state index in [1.54, 1.807) is 0 Å². The van der Waals surface area contributed by atoms with E-state index in [2.05, 4.69) is 0 Å². The van der Waals surface area contributed by atoms with Gasteiger partial charge in [-0.15, -0.1) is 11.8 Å². The zero-order chi connectivity index (χ0) is 12.1. The minimum atomic E-state index is 0.135.